The van der Waals surface area contributed by atoms with E-state index >= 15 is 0 Å². The third kappa shape index (κ3) is 4.51. The Kier molecular flexibility index (Phi) is 6.15. The van der Waals surface area contributed by atoms with E-state index in [1.807, 2.05) is 0 Å². The fraction of sp³-hybridized carbons (Fsp3) is 0.102. The maximum Gasteiger partial charge on any atom is 0.0159 e. The van der Waals surface area contributed by atoms with Gasteiger partial charge in [0, 0.05) is 11.3 Å². The van der Waals surface area contributed by atoms with E-state index in [1.165, 1.54) is 93.5 Å². The van der Waals surface area contributed by atoms with Gasteiger partial charge in [0.2, 0.25) is 0 Å². The predicted octanol–water partition coefficient (Wildman–Crippen LogP) is 13.2. The summed E-state index contributed by atoms with van der Waals surface area (Å²) >= 11 is 0. The Balaban J connectivity index is 0.986. The van der Waals surface area contributed by atoms with Gasteiger partial charge in [-0.05, 0) is 130 Å². The lowest BCUT2D eigenvalue weighted by atomic mass is 9.80. The molecule has 0 bridgehead atoms. The molecule has 3 aliphatic carbocycles. The Morgan fingerprint density at radius 1 is 0.469 bits per heavy atom. The van der Waals surface area contributed by atoms with E-state index in [9.17, 15) is 0 Å². The zero-order valence-corrected chi connectivity index (χ0v) is 27.9. The van der Waals surface area contributed by atoms with Crippen molar-refractivity contribution < 1.29 is 0 Å². The smallest absolute Gasteiger partial charge is 0.0159 e. The molecular weight excluding hydrogens is 589 g/mol. The van der Waals surface area contributed by atoms with Crippen LogP contribution in [0, 0.1) is 5.92 Å². The Morgan fingerprint density at radius 2 is 1.00 bits per heavy atom. The fourth-order valence-electron chi connectivity index (χ4n) is 8.58. The van der Waals surface area contributed by atoms with Gasteiger partial charge in [-0.3, -0.25) is 0 Å². The highest BCUT2D eigenvalue weighted by molar-refractivity contribution is 6.16. The summed E-state index contributed by atoms with van der Waals surface area (Å²) in [5.74, 6) is 0.491. The quantitative estimate of drug-likeness (QED) is 0.171. The summed E-state index contributed by atoms with van der Waals surface area (Å²) in [6.07, 6.45) is 14.5. The Bertz CT molecular complexity index is 2620. The maximum absolute atomic E-state index is 2.46. The van der Waals surface area contributed by atoms with Crippen molar-refractivity contribution in [2.24, 2.45) is 5.92 Å². The summed E-state index contributed by atoms with van der Waals surface area (Å²) in [7, 11) is 0. The molecule has 0 fully saturated rings. The molecule has 0 N–H and O–H groups in total. The number of fused-ring (bicyclic) bond motifs is 2. The molecule has 0 heteroatoms. The van der Waals surface area contributed by atoms with Crippen LogP contribution in [0.1, 0.15) is 37.0 Å². The predicted molar refractivity (Wildman–Crippen MR) is 210 cm³/mol. The van der Waals surface area contributed by atoms with E-state index in [0.717, 1.165) is 6.42 Å². The van der Waals surface area contributed by atoms with Crippen LogP contribution < -0.4 is 0 Å². The average Bonchev–Trinajstić information content (AvgIpc) is 3.39. The minimum absolute atomic E-state index is 0.101. The van der Waals surface area contributed by atoms with Crippen molar-refractivity contribution in [3.05, 3.63) is 186 Å². The summed E-state index contributed by atoms with van der Waals surface area (Å²) < 4.78 is 0. The molecule has 1 unspecified atom stereocenters. The first-order valence-corrected chi connectivity index (χ1v) is 17.5. The lowest BCUT2D eigenvalue weighted by molar-refractivity contribution is 0.663. The summed E-state index contributed by atoms with van der Waals surface area (Å²) in [5.41, 5.74) is 14.5. The van der Waals surface area contributed by atoms with Crippen LogP contribution >= 0.6 is 0 Å². The van der Waals surface area contributed by atoms with E-state index in [-0.39, 0.29) is 5.41 Å². The highest BCUT2D eigenvalue weighted by atomic mass is 14.4. The second-order valence-corrected chi connectivity index (χ2v) is 14.6. The highest BCUT2D eigenvalue weighted by Gasteiger charge is 2.35. The van der Waals surface area contributed by atoms with Crippen molar-refractivity contribution in [1.82, 2.24) is 0 Å². The van der Waals surface area contributed by atoms with Gasteiger partial charge in [-0.1, -0.05) is 147 Å². The number of hydrogen-bond acceptors (Lipinski definition) is 0. The Morgan fingerprint density at radius 3 is 1.65 bits per heavy atom. The SMILES string of the molecule is CC1(C)c2cc(-c3ccc(C4=CC=C5C=CC=CC5C4)cc3)cc3ccc4cc(-c5ccc(-c6ccc7ccccc7c6)cc5)cc1c4c23. The molecule has 1 atom stereocenters. The maximum atomic E-state index is 2.46. The zero-order chi connectivity index (χ0) is 32.7. The van der Waals surface area contributed by atoms with Gasteiger partial charge in [-0.25, -0.2) is 0 Å². The molecular formula is C49H36. The zero-order valence-electron chi connectivity index (χ0n) is 27.9. The molecule has 0 amide bonds. The molecule has 0 aromatic heterocycles. The van der Waals surface area contributed by atoms with Gasteiger partial charge in [0.1, 0.15) is 0 Å². The second kappa shape index (κ2) is 10.6. The van der Waals surface area contributed by atoms with Gasteiger partial charge in [-0.15, -0.1) is 0 Å². The average molecular weight is 625 g/mol. The van der Waals surface area contributed by atoms with E-state index < -0.39 is 0 Å². The number of hydrogen-bond donors (Lipinski definition) is 0. The van der Waals surface area contributed by atoms with Crippen LogP contribution in [0.5, 0.6) is 0 Å². The number of benzene rings is 7. The molecule has 3 aliphatic rings. The van der Waals surface area contributed by atoms with Crippen molar-refractivity contribution >= 4 is 37.9 Å². The van der Waals surface area contributed by atoms with Crippen LogP contribution in [0.25, 0.3) is 71.3 Å². The molecule has 0 nitrogen and oxygen atoms in total. The largest absolute Gasteiger partial charge is 0.0767 e. The van der Waals surface area contributed by atoms with Crippen molar-refractivity contribution in [3.63, 3.8) is 0 Å². The number of rotatable bonds is 4. The van der Waals surface area contributed by atoms with Gasteiger partial charge in [0.25, 0.3) is 0 Å². The third-order valence-electron chi connectivity index (χ3n) is 11.4. The second-order valence-electron chi connectivity index (χ2n) is 14.6. The molecule has 7 aromatic rings. The highest BCUT2D eigenvalue weighted by Crippen LogP contribution is 2.51. The normalized spacial score (nSPS) is 17.1. The first-order chi connectivity index (χ1) is 24.0. The summed E-state index contributed by atoms with van der Waals surface area (Å²) in [6, 6.07) is 48.0. The van der Waals surface area contributed by atoms with Crippen LogP contribution in [-0.4, -0.2) is 0 Å². The molecule has 7 aromatic carbocycles. The van der Waals surface area contributed by atoms with Crippen molar-refractivity contribution in [2.45, 2.75) is 25.7 Å². The molecule has 0 spiro atoms. The Labute approximate surface area is 288 Å². The van der Waals surface area contributed by atoms with E-state index in [0.29, 0.717) is 5.92 Å². The molecule has 0 saturated carbocycles. The summed E-state index contributed by atoms with van der Waals surface area (Å²) in [6.45, 7) is 4.81. The van der Waals surface area contributed by atoms with Gasteiger partial charge in [0.15, 0.2) is 0 Å². The topological polar surface area (TPSA) is 0 Å². The number of allylic oxidation sites excluding steroid dienone is 8. The summed E-state index contributed by atoms with van der Waals surface area (Å²) in [5, 5.41) is 8.04. The molecule has 0 heterocycles. The minimum atomic E-state index is -0.101. The van der Waals surface area contributed by atoms with E-state index in [2.05, 4.69) is 178 Å². The van der Waals surface area contributed by atoms with Crippen LogP contribution in [0.3, 0.4) is 0 Å². The fourth-order valence-corrected chi connectivity index (χ4v) is 8.58. The van der Waals surface area contributed by atoms with Gasteiger partial charge < -0.3 is 0 Å². The Hall–Kier alpha value is -5.72. The monoisotopic (exact) mass is 624 g/mol. The van der Waals surface area contributed by atoms with E-state index in [1.54, 1.807) is 0 Å². The lowest BCUT2D eigenvalue weighted by Gasteiger charge is -2.24. The van der Waals surface area contributed by atoms with Crippen molar-refractivity contribution in [1.29, 1.82) is 0 Å². The van der Waals surface area contributed by atoms with Gasteiger partial charge in [-0.2, -0.15) is 0 Å². The molecule has 0 saturated heterocycles. The van der Waals surface area contributed by atoms with Crippen LogP contribution in [0.2, 0.25) is 0 Å². The standard InChI is InChI=1S/C49H36/c1-49(2)45-29-43(35-15-11-33(12-16-35)39-21-19-31-7-3-5-9-37(31)25-39)27-41-23-24-42-28-44(30-46(49)48(42)47(41)45)36-17-13-34(14-18-36)40-22-20-32-8-4-6-10-38(32)26-40/h3-25,27-30,38H,26H2,1-2H3. The third-order valence-corrected chi connectivity index (χ3v) is 11.4. The summed E-state index contributed by atoms with van der Waals surface area (Å²) in [4.78, 5) is 0. The molecule has 232 valence electrons. The van der Waals surface area contributed by atoms with Gasteiger partial charge in [0.05, 0.1) is 0 Å². The van der Waals surface area contributed by atoms with Crippen LogP contribution in [-0.2, 0) is 5.41 Å². The molecule has 10 rings (SSSR count). The van der Waals surface area contributed by atoms with E-state index in [4.69, 9.17) is 0 Å². The molecule has 0 radical (unpaired) electrons. The van der Waals surface area contributed by atoms with Gasteiger partial charge >= 0.3 is 0 Å². The lowest BCUT2D eigenvalue weighted by Crippen LogP contribution is -2.15. The van der Waals surface area contributed by atoms with Crippen LogP contribution in [0.15, 0.2) is 169 Å². The van der Waals surface area contributed by atoms with Crippen molar-refractivity contribution in [2.75, 3.05) is 0 Å². The first-order valence-electron chi connectivity index (χ1n) is 17.5. The minimum Gasteiger partial charge on any atom is -0.0767 e. The first kappa shape index (κ1) is 28.3. The van der Waals surface area contributed by atoms with Crippen LogP contribution in [0.4, 0.5) is 0 Å². The van der Waals surface area contributed by atoms with Crippen molar-refractivity contribution in [3.8, 4) is 33.4 Å². The molecule has 49 heavy (non-hydrogen) atoms. The molecule has 0 aliphatic heterocycles.